The minimum atomic E-state index is -0.152. The van der Waals surface area contributed by atoms with Crippen molar-refractivity contribution < 1.29 is 9.84 Å². The van der Waals surface area contributed by atoms with E-state index in [-0.39, 0.29) is 18.3 Å². The van der Waals surface area contributed by atoms with Crippen molar-refractivity contribution in [1.82, 2.24) is 4.90 Å². The van der Waals surface area contributed by atoms with Gasteiger partial charge in [-0.2, -0.15) is 11.3 Å². The third kappa shape index (κ3) is 3.78. The van der Waals surface area contributed by atoms with Gasteiger partial charge in [0.1, 0.15) is 0 Å². The Bertz CT molecular complexity index is 337. The first kappa shape index (κ1) is 13.0. The number of aliphatic hydroxyl groups is 1. The normalized spacial score (nSPS) is 25.0. The van der Waals surface area contributed by atoms with Gasteiger partial charge in [0.15, 0.2) is 0 Å². The molecule has 96 valence electrons. The van der Waals surface area contributed by atoms with Gasteiger partial charge in [0.2, 0.25) is 0 Å². The third-order valence-electron chi connectivity index (χ3n) is 3.05. The maximum absolute atomic E-state index is 9.24. The van der Waals surface area contributed by atoms with Crippen molar-refractivity contribution in [3.8, 4) is 0 Å². The maximum atomic E-state index is 9.24. The molecule has 2 rings (SSSR count). The Morgan fingerprint density at radius 3 is 3.06 bits per heavy atom. The highest BCUT2D eigenvalue weighted by atomic mass is 32.1. The minimum Gasteiger partial charge on any atom is -0.394 e. The van der Waals surface area contributed by atoms with Crippen LogP contribution in [0.3, 0.4) is 0 Å². The molecule has 1 aromatic rings. The average Bonchev–Trinajstić information content (AvgIpc) is 2.77. The molecule has 1 aliphatic heterocycles. The highest BCUT2D eigenvalue weighted by molar-refractivity contribution is 7.07. The molecule has 0 bridgehead atoms. The van der Waals surface area contributed by atoms with Gasteiger partial charge >= 0.3 is 0 Å². The number of hydrogen-bond donors (Lipinski definition) is 1. The lowest BCUT2D eigenvalue weighted by atomic mass is 10.0. The minimum absolute atomic E-state index is 0.0405. The molecular formula is C13H21NO2S. The van der Waals surface area contributed by atoms with Gasteiger partial charge in [-0.05, 0) is 42.7 Å². The fourth-order valence-electron chi connectivity index (χ4n) is 2.40. The molecule has 1 atom stereocenters. The van der Waals surface area contributed by atoms with Crippen LogP contribution < -0.4 is 0 Å². The van der Waals surface area contributed by atoms with E-state index >= 15 is 0 Å². The summed E-state index contributed by atoms with van der Waals surface area (Å²) in [6.07, 6.45) is 1.04. The predicted molar refractivity (Wildman–Crippen MR) is 70.5 cm³/mol. The Labute approximate surface area is 107 Å². The molecule has 1 fully saturated rings. The van der Waals surface area contributed by atoms with Crippen LogP contribution in [-0.4, -0.2) is 48.0 Å². The van der Waals surface area contributed by atoms with Gasteiger partial charge in [-0.3, -0.25) is 4.90 Å². The topological polar surface area (TPSA) is 32.7 Å². The van der Waals surface area contributed by atoms with E-state index < -0.39 is 0 Å². The molecule has 0 amide bonds. The zero-order valence-corrected chi connectivity index (χ0v) is 11.4. The lowest BCUT2D eigenvalue weighted by Gasteiger charge is -2.42. The number of hydrogen-bond acceptors (Lipinski definition) is 4. The second-order valence-corrected chi connectivity index (χ2v) is 6.08. The number of rotatable bonds is 4. The number of aliphatic hydroxyl groups excluding tert-OH is 1. The van der Waals surface area contributed by atoms with Crippen molar-refractivity contribution in [2.24, 2.45) is 0 Å². The molecule has 2 heterocycles. The van der Waals surface area contributed by atoms with Gasteiger partial charge in [0.05, 0.1) is 18.3 Å². The van der Waals surface area contributed by atoms with Crippen LogP contribution in [0.4, 0.5) is 0 Å². The Balaban J connectivity index is 1.87. The van der Waals surface area contributed by atoms with Crippen molar-refractivity contribution in [1.29, 1.82) is 0 Å². The summed E-state index contributed by atoms with van der Waals surface area (Å²) < 4.78 is 5.80. The molecule has 0 aromatic carbocycles. The van der Waals surface area contributed by atoms with Crippen LogP contribution in [0.1, 0.15) is 19.4 Å². The van der Waals surface area contributed by atoms with Crippen LogP contribution in [0.15, 0.2) is 16.8 Å². The van der Waals surface area contributed by atoms with Gasteiger partial charge in [0, 0.05) is 19.6 Å². The van der Waals surface area contributed by atoms with Crippen molar-refractivity contribution in [3.05, 3.63) is 22.4 Å². The van der Waals surface area contributed by atoms with Crippen LogP contribution in [0.5, 0.6) is 0 Å². The molecule has 3 nitrogen and oxygen atoms in total. The van der Waals surface area contributed by atoms with Crippen LogP contribution in [-0.2, 0) is 11.2 Å². The second kappa shape index (κ2) is 5.48. The number of nitrogens with zero attached hydrogens (tertiary/aromatic N) is 1. The monoisotopic (exact) mass is 255 g/mol. The molecule has 0 saturated carbocycles. The standard InChI is InChI=1S/C13H21NO2S/c1-13(2)10-14(7-12(8-15)16-13)5-3-11-4-6-17-9-11/h4,6,9,12,15H,3,5,7-8,10H2,1-2H3. The first-order valence-electron chi connectivity index (χ1n) is 6.11. The van der Waals surface area contributed by atoms with Gasteiger partial charge in [-0.1, -0.05) is 0 Å². The molecule has 0 spiro atoms. The number of morpholine rings is 1. The largest absolute Gasteiger partial charge is 0.394 e. The lowest BCUT2D eigenvalue weighted by Crippen LogP contribution is -2.54. The van der Waals surface area contributed by atoms with E-state index in [1.165, 1.54) is 5.56 Å². The summed E-state index contributed by atoms with van der Waals surface area (Å²) in [5.74, 6) is 0. The molecule has 1 aliphatic rings. The Morgan fingerprint density at radius 2 is 2.41 bits per heavy atom. The van der Waals surface area contributed by atoms with Gasteiger partial charge < -0.3 is 9.84 Å². The third-order valence-corrected chi connectivity index (χ3v) is 3.78. The molecule has 17 heavy (non-hydrogen) atoms. The molecule has 4 heteroatoms. The maximum Gasteiger partial charge on any atom is 0.0940 e. The number of thiophene rings is 1. The SMILES string of the molecule is CC1(C)CN(CCc2ccsc2)CC(CO)O1. The van der Waals surface area contributed by atoms with Gasteiger partial charge in [0.25, 0.3) is 0 Å². The van der Waals surface area contributed by atoms with Crippen LogP contribution in [0.25, 0.3) is 0 Å². The summed E-state index contributed by atoms with van der Waals surface area (Å²) in [4.78, 5) is 2.39. The highest BCUT2D eigenvalue weighted by Crippen LogP contribution is 2.21. The molecule has 0 aliphatic carbocycles. The Kier molecular flexibility index (Phi) is 4.20. The van der Waals surface area contributed by atoms with Crippen LogP contribution >= 0.6 is 11.3 Å². The van der Waals surface area contributed by atoms with E-state index in [2.05, 4.69) is 35.6 Å². The van der Waals surface area contributed by atoms with E-state index in [0.29, 0.717) is 0 Å². The Morgan fingerprint density at radius 1 is 1.59 bits per heavy atom. The van der Waals surface area contributed by atoms with Gasteiger partial charge in [-0.25, -0.2) is 0 Å². The zero-order valence-electron chi connectivity index (χ0n) is 10.6. The molecule has 1 saturated heterocycles. The summed E-state index contributed by atoms with van der Waals surface area (Å²) in [6.45, 7) is 7.11. The Hall–Kier alpha value is -0.420. The smallest absolute Gasteiger partial charge is 0.0940 e. The zero-order chi connectivity index (χ0) is 12.3. The molecule has 1 aromatic heterocycles. The van der Waals surface area contributed by atoms with E-state index in [4.69, 9.17) is 4.74 Å². The highest BCUT2D eigenvalue weighted by Gasteiger charge is 2.32. The quantitative estimate of drug-likeness (QED) is 0.890. The van der Waals surface area contributed by atoms with Crippen LogP contribution in [0.2, 0.25) is 0 Å². The van der Waals surface area contributed by atoms with E-state index in [9.17, 15) is 5.11 Å². The summed E-state index contributed by atoms with van der Waals surface area (Å²) in [5.41, 5.74) is 1.25. The van der Waals surface area contributed by atoms with Gasteiger partial charge in [-0.15, -0.1) is 0 Å². The molecule has 1 unspecified atom stereocenters. The summed E-state index contributed by atoms with van der Waals surface area (Å²) in [5, 5.41) is 13.6. The molecular weight excluding hydrogens is 234 g/mol. The lowest BCUT2D eigenvalue weighted by molar-refractivity contribution is -0.148. The van der Waals surface area contributed by atoms with E-state index in [1.54, 1.807) is 11.3 Å². The fourth-order valence-corrected chi connectivity index (χ4v) is 3.11. The first-order valence-corrected chi connectivity index (χ1v) is 7.05. The fraction of sp³-hybridized carbons (Fsp3) is 0.692. The summed E-state index contributed by atoms with van der Waals surface area (Å²) in [7, 11) is 0. The van der Waals surface area contributed by atoms with Crippen molar-refractivity contribution in [3.63, 3.8) is 0 Å². The second-order valence-electron chi connectivity index (χ2n) is 5.30. The first-order chi connectivity index (χ1) is 8.09. The van der Waals surface area contributed by atoms with Crippen molar-refractivity contribution in [2.45, 2.75) is 32.0 Å². The number of ether oxygens (including phenoxy) is 1. The summed E-state index contributed by atoms with van der Waals surface area (Å²) >= 11 is 1.75. The summed E-state index contributed by atoms with van der Waals surface area (Å²) in [6, 6.07) is 2.18. The van der Waals surface area contributed by atoms with E-state index in [0.717, 1.165) is 26.1 Å². The van der Waals surface area contributed by atoms with E-state index in [1.807, 2.05) is 0 Å². The predicted octanol–water partition coefficient (Wildman–Crippen LogP) is 1.76. The van der Waals surface area contributed by atoms with Crippen molar-refractivity contribution in [2.75, 3.05) is 26.2 Å². The van der Waals surface area contributed by atoms with Crippen LogP contribution in [0, 0.1) is 0 Å². The molecule has 1 N–H and O–H groups in total. The molecule has 0 radical (unpaired) electrons. The van der Waals surface area contributed by atoms with Crippen molar-refractivity contribution >= 4 is 11.3 Å². The average molecular weight is 255 g/mol.